The minimum Gasteiger partial charge on any atom is -0.321 e. The SMILES string of the molecule is CC(C)(C)NS(=O)(=O)c1ccccc1NC(=O)c1cc(F)ccc1F. The highest BCUT2D eigenvalue weighted by molar-refractivity contribution is 7.89. The molecule has 2 aromatic rings. The van der Waals surface area contributed by atoms with Crippen LogP contribution in [-0.2, 0) is 10.0 Å². The van der Waals surface area contributed by atoms with Crippen LogP contribution in [0.1, 0.15) is 31.1 Å². The van der Waals surface area contributed by atoms with E-state index in [4.69, 9.17) is 0 Å². The number of para-hydroxylation sites is 1. The number of anilines is 1. The zero-order valence-electron chi connectivity index (χ0n) is 13.9. The molecule has 2 N–H and O–H groups in total. The molecule has 25 heavy (non-hydrogen) atoms. The second-order valence-electron chi connectivity index (χ2n) is 6.43. The van der Waals surface area contributed by atoms with E-state index in [2.05, 4.69) is 10.0 Å². The number of rotatable bonds is 4. The van der Waals surface area contributed by atoms with E-state index in [1.54, 1.807) is 20.8 Å². The van der Waals surface area contributed by atoms with Gasteiger partial charge in [-0.3, -0.25) is 4.79 Å². The molecule has 0 aliphatic heterocycles. The van der Waals surface area contributed by atoms with E-state index in [1.807, 2.05) is 0 Å². The summed E-state index contributed by atoms with van der Waals surface area (Å²) in [6.07, 6.45) is 0. The second kappa shape index (κ2) is 6.89. The third-order valence-corrected chi connectivity index (χ3v) is 4.85. The monoisotopic (exact) mass is 368 g/mol. The van der Waals surface area contributed by atoms with Gasteiger partial charge in [0.2, 0.25) is 10.0 Å². The van der Waals surface area contributed by atoms with Crippen LogP contribution in [0.4, 0.5) is 14.5 Å². The van der Waals surface area contributed by atoms with Gasteiger partial charge in [0.05, 0.1) is 11.3 Å². The van der Waals surface area contributed by atoms with Gasteiger partial charge in [-0.2, -0.15) is 0 Å². The van der Waals surface area contributed by atoms with Crippen LogP contribution >= 0.6 is 0 Å². The maximum absolute atomic E-state index is 13.7. The fourth-order valence-electron chi connectivity index (χ4n) is 2.12. The fraction of sp³-hybridized carbons (Fsp3) is 0.235. The van der Waals surface area contributed by atoms with Gasteiger partial charge in [0.1, 0.15) is 16.5 Å². The number of nitrogens with one attached hydrogen (secondary N) is 2. The molecule has 0 spiro atoms. The maximum Gasteiger partial charge on any atom is 0.258 e. The van der Waals surface area contributed by atoms with E-state index in [1.165, 1.54) is 24.3 Å². The lowest BCUT2D eigenvalue weighted by atomic mass is 10.1. The molecule has 5 nitrogen and oxygen atoms in total. The van der Waals surface area contributed by atoms with Gasteiger partial charge in [0.15, 0.2) is 0 Å². The predicted molar refractivity (Wildman–Crippen MR) is 90.8 cm³/mol. The lowest BCUT2D eigenvalue weighted by Crippen LogP contribution is -2.40. The molecule has 0 radical (unpaired) electrons. The molecule has 0 aliphatic rings. The van der Waals surface area contributed by atoms with Crippen molar-refractivity contribution in [1.29, 1.82) is 0 Å². The molecular weight excluding hydrogens is 350 g/mol. The maximum atomic E-state index is 13.7. The Balaban J connectivity index is 2.39. The van der Waals surface area contributed by atoms with Crippen LogP contribution in [0, 0.1) is 11.6 Å². The largest absolute Gasteiger partial charge is 0.321 e. The average Bonchev–Trinajstić information content (AvgIpc) is 2.47. The Labute approximate surface area is 145 Å². The molecule has 0 atom stereocenters. The van der Waals surface area contributed by atoms with Gasteiger partial charge in [0.25, 0.3) is 5.91 Å². The Hall–Kier alpha value is -2.32. The van der Waals surface area contributed by atoms with E-state index >= 15 is 0 Å². The summed E-state index contributed by atoms with van der Waals surface area (Å²) in [6.45, 7) is 5.02. The minimum atomic E-state index is -3.93. The van der Waals surface area contributed by atoms with Gasteiger partial charge in [0, 0.05) is 5.54 Å². The zero-order valence-corrected chi connectivity index (χ0v) is 14.7. The van der Waals surface area contributed by atoms with E-state index in [-0.39, 0.29) is 10.6 Å². The predicted octanol–water partition coefficient (Wildman–Crippen LogP) is 3.29. The third kappa shape index (κ3) is 4.83. The molecule has 8 heteroatoms. The van der Waals surface area contributed by atoms with Crippen molar-refractivity contribution in [3.63, 3.8) is 0 Å². The molecule has 0 heterocycles. The second-order valence-corrected chi connectivity index (χ2v) is 8.08. The number of amides is 1. The first-order valence-electron chi connectivity index (χ1n) is 7.39. The van der Waals surface area contributed by atoms with Gasteiger partial charge in [-0.25, -0.2) is 21.9 Å². The van der Waals surface area contributed by atoms with Crippen molar-refractivity contribution in [3.8, 4) is 0 Å². The van der Waals surface area contributed by atoms with Crippen LogP contribution in [-0.4, -0.2) is 19.9 Å². The lowest BCUT2D eigenvalue weighted by molar-refractivity contribution is 0.102. The summed E-state index contributed by atoms with van der Waals surface area (Å²) >= 11 is 0. The van der Waals surface area contributed by atoms with Crippen molar-refractivity contribution in [2.24, 2.45) is 0 Å². The third-order valence-electron chi connectivity index (χ3n) is 3.04. The quantitative estimate of drug-likeness (QED) is 0.870. The Bertz CT molecular complexity index is 906. The number of hydrogen-bond donors (Lipinski definition) is 2. The van der Waals surface area contributed by atoms with E-state index in [0.29, 0.717) is 0 Å². The molecule has 0 aromatic heterocycles. The molecule has 2 rings (SSSR count). The zero-order chi connectivity index (χ0) is 18.8. The van der Waals surface area contributed by atoms with Crippen molar-refractivity contribution < 1.29 is 22.0 Å². The molecule has 0 unspecified atom stereocenters. The fourth-order valence-corrected chi connectivity index (χ4v) is 3.71. The summed E-state index contributed by atoms with van der Waals surface area (Å²) in [5, 5.41) is 2.32. The van der Waals surface area contributed by atoms with Gasteiger partial charge in [-0.1, -0.05) is 12.1 Å². The van der Waals surface area contributed by atoms with Crippen molar-refractivity contribution >= 4 is 21.6 Å². The van der Waals surface area contributed by atoms with E-state index in [0.717, 1.165) is 18.2 Å². The molecule has 0 saturated heterocycles. The summed E-state index contributed by atoms with van der Waals surface area (Å²) in [4.78, 5) is 12.0. The van der Waals surface area contributed by atoms with Crippen LogP contribution in [0.5, 0.6) is 0 Å². The van der Waals surface area contributed by atoms with Crippen molar-refractivity contribution in [1.82, 2.24) is 4.72 Å². The van der Waals surface area contributed by atoms with Gasteiger partial charge >= 0.3 is 0 Å². The number of carbonyl (C=O) groups excluding carboxylic acids is 1. The highest BCUT2D eigenvalue weighted by atomic mass is 32.2. The molecule has 2 aromatic carbocycles. The standard InChI is InChI=1S/C17H18F2N2O3S/c1-17(2,3)21-25(23,24)15-7-5-4-6-14(15)20-16(22)12-10-11(18)8-9-13(12)19/h4-10,21H,1-3H3,(H,20,22). The van der Waals surface area contributed by atoms with Crippen LogP contribution < -0.4 is 10.0 Å². The summed E-state index contributed by atoms with van der Waals surface area (Å²) in [5.41, 5.74) is -1.28. The summed E-state index contributed by atoms with van der Waals surface area (Å²) < 4.78 is 54.5. The first kappa shape index (κ1) is 19.0. The Morgan fingerprint density at radius 2 is 1.68 bits per heavy atom. The van der Waals surface area contributed by atoms with E-state index < -0.39 is 38.7 Å². The first-order chi connectivity index (χ1) is 11.5. The van der Waals surface area contributed by atoms with Gasteiger partial charge in [-0.15, -0.1) is 0 Å². The Kier molecular flexibility index (Phi) is 5.24. The minimum absolute atomic E-state index is 0.0343. The molecule has 0 aliphatic carbocycles. The highest BCUT2D eigenvalue weighted by Crippen LogP contribution is 2.23. The normalized spacial score (nSPS) is 12.0. The topological polar surface area (TPSA) is 75.3 Å². The van der Waals surface area contributed by atoms with Crippen molar-refractivity contribution in [2.45, 2.75) is 31.2 Å². The Morgan fingerprint density at radius 1 is 1.04 bits per heavy atom. The number of halogens is 2. The first-order valence-corrected chi connectivity index (χ1v) is 8.87. The molecular formula is C17H18F2N2O3S. The summed E-state index contributed by atoms with van der Waals surface area (Å²) in [7, 11) is -3.93. The van der Waals surface area contributed by atoms with Gasteiger partial charge in [-0.05, 0) is 51.1 Å². The van der Waals surface area contributed by atoms with Crippen LogP contribution in [0.3, 0.4) is 0 Å². The van der Waals surface area contributed by atoms with Crippen molar-refractivity contribution in [2.75, 3.05) is 5.32 Å². The van der Waals surface area contributed by atoms with Gasteiger partial charge < -0.3 is 5.32 Å². The number of hydrogen-bond acceptors (Lipinski definition) is 3. The molecule has 134 valence electrons. The summed E-state index contributed by atoms with van der Waals surface area (Å²) in [5.74, 6) is -2.63. The number of carbonyl (C=O) groups is 1. The highest BCUT2D eigenvalue weighted by Gasteiger charge is 2.25. The van der Waals surface area contributed by atoms with Crippen LogP contribution in [0.2, 0.25) is 0 Å². The number of benzene rings is 2. The van der Waals surface area contributed by atoms with Crippen LogP contribution in [0.25, 0.3) is 0 Å². The Morgan fingerprint density at radius 3 is 2.32 bits per heavy atom. The lowest BCUT2D eigenvalue weighted by Gasteiger charge is -2.21. The molecule has 0 fully saturated rings. The van der Waals surface area contributed by atoms with Crippen molar-refractivity contribution in [3.05, 3.63) is 59.7 Å². The molecule has 1 amide bonds. The van der Waals surface area contributed by atoms with Crippen LogP contribution in [0.15, 0.2) is 47.4 Å². The average molecular weight is 368 g/mol. The molecule has 0 saturated carbocycles. The van der Waals surface area contributed by atoms with E-state index in [9.17, 15) is 22.0 Å². The summed E-state index contributed by atoms with van der Waals surface area (Å²) in [6, 6.07) is 8.16. The smallest absolute Gasteiger partial charge is 0.258 e. The number of sulfonamides is 1. The molecule has 0 bridgehead atoms.